The van der Waals surface area contributed by atoms with Crippen molar-refractivity contribution < 1.29 is 9.59 Å². The van der Waals surface area contributed by atoms with Crippen molar-refractivity contribution in [2.24, 2.45) is 5.41 Å². The number of carbonyl (C=O) groups is 2. The monoisotopic (exact) mass is 383 g/mol. The Morgan fingerprint density at radius 3 is 2.64 bits per heavy atom. The van der Waals surface area contributed by atoms with E-state index in [0.717, 1.165) is 52.0 Å². The van der Waals surface area contributed by atoms with Crippen LogP contribution in [0.15, 0.2) is 30.3 Å². The van der Waals surface area contributed by atoms with Gasteiger partial charge in [-0.2, -0.15) is 0 Å². The van der Waals surface area contributed by atoms with Crippen LogP contribution in [0.4, 0.5) is 0 Å². The van der Waals surface area contributed by atoms with Gasteiger partial charge in [0.15, 0.2) is 0 Å². The molecule has 3 aliphatic heterocycles. The average molecular weight is 384 g/mol. The van der Waals surface area contributed by atoms with Gasteiger partial charge in [-0.3, -0.25) is 9.59 Å². The number of hydrogen-bond donors (Lipinski definition) is 0. The van der Waals surface area contributed by atoms with Crippen molar-refractivity contribution in [3.63, 3.8) is 0 Å². The number of rotatable bonds is 6. The van der Waals surface area contributed by atoms with Crippen molar-refractivity contribution in [2.75, 3.05) is 45.8 Å². The maximum absolute atomic E-state index is 12.7. The van der Waals surface area contributed by atoms with E-state index < -0.39 is 0 Å². The van der Waals surface area contributed by atoms with Gasteiger partial charge in [-0.25, -0.2) is 0 Å². The fourth-order valence-corrected chi connectivity index (χ4v) is 5.27. The second-order valence-corrected chi connectivity index (χ2v) is 8.95. The summed E-state index contributed by atoms with van der Waals surface area (Å²) in [7, 11) is 0. The molecule has 0 unspecified atom stereocenters. The van der Waals surface area contributed by atoms with Crippen molar-refractivity contribution in [1.29, 1.82) is 0 Å². The number of aryl methyl sites for hydroxylation is 1. The molecule has 1 atom stereocenters. The van der Waals surface area contributed by atoms with Crippen LogP contribution in [0.1, 0.15) is 44.1 Å². The Morgan fingerprint density at radius 1 is 1.00 bits per heavy atom. The highest BCUT2D eigenvalue weighted by atomic mass is 16.2. The minimum atomic E-state index is 0.143. The molecule has 1 spiro atoms. The van der Waals surface area contributed by atoms with E-state index >= 15 is 0 Å². The average Bonchev–Trinajstić information content (AvgIpc) is 3.29. The van der Waals surface area contributed by atoms with Crippen LogP contribution in [0.5, 0.6) is 0 Å². The van der Waals surface area contributed by atoms with E-state index in [1.54, 1.807) is 4.90 Å². The maximum atomic E-state index is 12.7. The van der Waals surface area contributed by atoms with Gasteiger partial charge in [-0.15, -0.1) is 0 Å². The van der Waals surface area contributed by atoms with Crippen molar-refractivity contribution in [1.82, 2.24) is 14.7 Å². The summed E-state index contributed by atoms with van der Waals surface area (Å²) in [5.41, 5.74) is 1.69. The third kappa shape index (κ3) is 4.57. The normalized spacial score (nSPS) is 25.8. The zero-order valence-electron chi connectivity index (χ0n) is 16.9. The predicted octanol–water partition coefficient (Wildman–Crippen LogP) is 2.56. The predicted molar refractivity (Wildman–Crippen MR) is 110 cm³/mol. The van der Waals surface area contributed by atoms with Gasteiger partial charge >= 0.3 is 0 Å². The second kappa shape index (κ2) is 8.64. The summed E-state index contributed by atoms with van der Waals surface area (Å²) in [6.45, 7) is 6.23. The van der Waals surface area contributed by atoms with Gasteiger partial charge in [-0.1, -0.05) is 30.3 Å². The Hall–Kier alpha value is -1.88. The van der Waals surface area contributed by atoms with Crippen LogP contribution in [0, 0.1) is 5.41 Å². The van der Waals surface area contributed by atoms with Crippen LogP contribution in [-0.4, -0.2) is 72.3 Å². The van der Waals surface area contributed by atoms with E-state index in [2.05, 4.69) is 35.2 Å². The van der Waals surface area contributed by atoms with Crippen molar-refractivity contribution in [3.8, 4) is 0 Å². The molecule has 5 heteroatoms. The lowest BCUT2D eigenvalue weighted by Crippen LogP contribution is -2.46. The van der Waals surface area contributed by atoms with Gasteiger partial charge < -0.3 is 14.7 Å². The lowest BCUT2D eigenvalue weighted by atomic mass is 9.79. The highest BCUT2D eigenvalue weighted by molar-refractivity contribution is 5.86. The first-order valence-corrected chi connectivity index (χ1v) is 11.0. The molecule has 0 N–H and O–H groups in total. The quantitative estimate of drug-likeness (QED) is 0.758. The highest BCUT2D eigenvalue weighted by Crippen LogP contribution is 2.39. The molecule has 5 nitrogen and oxygen atoms in total. The molecule has 0 aromatic heterocycles. The molecule has 3 fully saturated rings. The van der Waals surface area contributed by atoms with E-state index in [4.69, 9.17) is 0 Å². The van der Waals surface area contributed by atoms with Crippen LogP contribution < -0.4 is 0 Å². The topological polar surface area (TPSA) is 43.9 Å². The lowest BCUT2D eigenvalue weighted by molar-refractivity contribution is -0.138. The van der Waals surface area contributed by atoms with Gasteiger partial charge in [-0.05, 0) is 57.2 Å². The lowest BCUT2D eigenvalue weighted by Gasteiger charge is -2.40. The third-order valence-corrected chi connectivity index (χ3v) is 6.81. The van der Waals surface area contributed by atoms with Crippen molar-refractivity contribution >= 4 is 11.8 Å². The van der Waals surface area contributed by atoms with Gasteiger partial charge in [0.05, 0.1) is 6.54 Å². The molecule has 3 heterocycles. The first-order chi connectivity index (χ1) is 13.6. The van der Waals surface area contributed by atoms with Gasteiger partial charge in [0, 0.05) is 38.0 Å². The van der Waals surface area contributed by atoms with Gasteiger partial charge in [0.1, 0.15) is 0 Å². The molecule has 0 radical (unpaired) electrons. The number of hydrogen-bond acceptors (Lipinski definition) is 3. The molecular formula is C23H33N3O2. The minimum Gasteiger partial charge on any atom is -0.341 e. The molecule has 1 aromatic rings. The summed E-state index contributed by atoms with van der Waals surface area (Å²) in [6, 6.07) is 10.7. The van der Waals surface area contributed by atoms with E-state index in [0.29, 0.717) is 6.42 Å². The number of piperidine rings is 1. The molecule has 3 saturated heterocycles. The van der Waals surface area contributed by atoms with Crippen LogP contribution in [0.2, 0.25) is 0 Å². The minimum absolute atomic E-state index is 0.143. The fraction of sp³-hybridized carbons (Fsp3) is 0.652. The highest BCUT2D eigenvalue weighted by Gasteiger charge is 2.42. The Labute approximate surface area is 168 Å². The molecule has 1 aromatic carbocycles. The Morgan fingerprint density at radius 2 is 1.86 bits per heavy atom. The van der Waals surface area contributed by atoms with E-state index in [1.807, 2.05) is 4.90 Å². The number of nitrogens with zero attached hydrogens (tertiary/aromatic N) is 3. The van der Waals surface area contributed by atoms with Gasteiger partial charge in [0.2, 0.25) is 11.8 Å². The number of amides is 2. The molecule has 2 amide bonds. The first-order valence-electron chi connectivity index (χ1n) is 11.0. The summed E-state index contributed by atoms with van der Waals surface area (Å²) >= 11 is 0. The fourth-order valence-electron chi connectivity index (χ4n) is 5.27. The largest absolute Gasteiger partial charge is 0.341 e. The van der Waals surface area contributed by atoms with Gasteiger partial charge in [0.25, 0.3) is 0 Å². The molecule has 0 saturated carbocycles. The summed E-state index contributed by atoms with van der Waals surface area (Å²) in [4.78, 5) is 30.9. The van der Waals surface area contributed by atoms with E-state index in [1.165, 1.54) is 31.4 Å². The van der Waals surface area contributed by atoms with Crippen LogP contribution >= 0.6 is 0 Å². The SMILES string of the molecule is O=C1CCCN1CC(=O)N1CC[C@@]2(CCCN(CCCc3ccccc3)C2)C1. The van der Waals surface area contributed by atoms with Crippen molar-refractivity contribution in [2.45, 2.75) is 44.9 Å². The summed E-state index contributed by atoms with van der Waals surface area (Å²) in [5, 5.41) is 0. The Kier molecular flexibility index (Phi) is 6.00. The smallest absolute Gasteiger partial charge is 0.242 e. The molecule has 4 rings (SSSR count). The summed E-state index contributed by atoms with van der Waals surface area (Å²) in [5.74, 6) is 0.290. The molecule has 28 heavy (non-hydrogen) atoms. The first kappa shape index (κ1) is 19.4. The molecule has 0 aliphatic carbocycles. The van der Waals surface area contributed by atoms with Crippen LogP contribution in [0.3, 0.4) is 0 Å². The molecule has 0 bridgehead atoms. The molecular weight excluding hydrogens is 350 g/mol. The standard InChI is InChI=1S/C23H33N3O2/c27-21-10-5-15-25(21)17-22(28)26-16-12-23(19-26)11-6-14-24(18-23)13-4-9-20-7-2-1-3-8-20/h1-3,7-8H,4-6,9-19H2/t23-/m1/s1. The Balaban J connectivity index is 1.25. The van der Waals surface area contributed by atoms with E-state index in [-0.39, 0.29) is 23.8 Å². The summed E-state index contributed by atoms with van der Waals surface area (Å²) < 4.78 is 0. The van der Waals surface area contributed by atoms with Crippen molar-refractivity contribution in [3.05, 3.63) is 35.9 Å². The second-order valence-electron chi connectivity index (χ2n) is 8.95. The molecule has 3 aliphatic rings. The molecule has 152 valence electrons. The maximum Gasteiger partial charge on any atom is 0.242 e. The number of likely N-dealkylation sites (tertiary alicyclic amines) is 3. The van der Waals surface area contributed by atoms with Crippen LogP contribution in [-0.2, 0) is 16.0 Å². The Bertz CT molecular complexity index is 692. The number of benzene rings is 1. The van der Waals surface area contributed by atoms with Crippen LogP contribution in [0.25, 0.3) is 0 Å². The zero-order valence-corrected chi connectivity index (χ0v) is 16.9. The third-order valence-electron chi connectivity index (χ3n) is 6.81. The summed E-state index contributed by atoms with van der Waals surface area (Å²) in [6.07, 6.45) is 7.41. The zero-order chi connectivity index (χ0) is 19.4. The van der Waals surface area contributed by atoms with E-state index in [9.17, 15) is 9.59 Å². The number of carbonyl (C=O) groups excluding carboxylic acids is 2.